The maximum absolute atomic E-state index is 13.4. The summed E-state index contributed by atoms with van der Waals surface area (Å²) >= 11 is 2.90. The molecule has 3 heterocycles. The number of nitrogens with zero attached hydrogens (tertiary/aromatic N) is 2. The number of amides is 1. The summed E-state index contributed by atoms with van der Waals surface area (Å²) in [4.78, 5) is 31.9. The van der Waals surface area contributed by atoms with Crippen molar-refractivity contribution < 1.29 is 9.53 Å². The topological polar surface area (TPSA) is 87.2 Å². The molecule has 4 rings (SSSR count). The summed E-state index contributed by atoms with van der Waals surface area (Å²) in [5, 5.41) is 0.900. The molecule has 6 nitrogen and oxygen atoms in total. The largest absolute Gasteiger partial charge is 0.376 e. The number of hydrogen-bond donors (Lipinski definition) is 1. The number of hydrogen-bond acceptors (Lipinski definition) is 6. The fourth-order valence-corrected chi connectivity index (χ4v) is 6.16. The van der Waals surface area contributed by atoms with Gasteiger partial charge in [0.05, 0.1) is 23.3 Å². The Morgan fingerprint density at radius 3 is 3.00 bits per heavy atom. The number of rotatable bonds is 5. The molecule has 0 radical (unpaired) electrons. The van der Waals surface area contributed by atoms with E-state index in [1.54, 1.807) is 22.8 Å². The van der Waals surface area contributed by atoms with E-state index in [1.807, 2.05) is 0 Å². The number of fused-ring (bicyclic) bond motifs is 3. The van der Waals surface area contributed by atoms with Gasteiger partial charge in [-0.15, -0.1) is 11.3 Å². The first-order chi connectivity index (χ1) is 12.9. The Morgan fingerprint density at radius 2 is 2.30 bits per heavy atom. The average Bonchev–Trinajstić information content (AvgIpc) is 3.24. The van der Waals surface area contributed by atoms with Crippen LogP contribution in [0.25, 0.3) is 10.2 Å². The van der Waals surface area contributed by atoms with Crippen molar-refractivity contribution in [2.45, 2.75) is 69.0 Å². The van der Waals surface area contributed by atoms with Crippen LogP contribution in [-0.4, -0.2) is 33.4 Å². The molecule has 146 valence electrons. The van der Waals surface area contributed by atoms with E-state index in [0.29, 0.717) is 17.6 Å². The minimum Gasteiger partial charge on any atom is -0.376 e. The normalized spacial score (nSPS) is 23.5. The quantitative estimate of drug-likeness (QED) is 0.608. The molecule has 27 heavy (non-hydrogen) atoms. The van der Waals surface area contributed by atoms with Crippen molar-refractivity contribution in [3.05, 3.63) is 20.8 Å². The first-order valence-corrected chi connectivity index (χ1v) is 11.3. The number of primary amides is 1. The molecule has 2 aromatic heterocycles. The van der Waals surface area contributed by atoms with Crippen LogP contribution in [0.5, 0.6) is 0 Å². The van der Waals surface area contributed by atoms with E-state index in [9.17, 15) is 9.59 Å². The molecule has 3 unspecified atom stereocenters. The van der Waals surface area contributed by atoms with Gasteiger partial charge in [0.15, 0.2) is 5.16 Å². The van der Waals surface area contributed by atoms with Gasteiger partial charge in [0, 0.05) is 11.5 Å². The molecule has 2 N–H and O–H groups in total. The van der Waals surface area contributed by atoms with Crippen molar-refractivity contribution in [2.24, 2.45) is 11.7 Å². The lowest BCUT2D eigenvalue weighted by molar-refractivity contribution is -0.117. The minimum absolute atomic E-state index is 0.00160. The molecule has 1 aliphatic carbocycles. The predicted octanol–water partition coefficient (Wildman–Crippen LogP) is 2.73. The number of aromatic nitrogens is 2. The van der Waals surface area contributed by atoms with Crippen LogP contribution in [0.3, 0.4) is 0 Å². The van der Waals surface area contributed by atoms with Crippen molar-refractivity contribution >= 4 is 39.2 Å². The monoisotopic (exact) mass is 407 g/mol. The predicted molar refractivity (Wildman–Crippen MR) is 109 cm³/mol. The first kappa shape index (κ1) is 19.0. The molecule has 1 fully saturated rings. The number of thioether (sulfide) groups is 1. The number of nitrogens with two attached hydrogens (primary N) is 1. The Balaban J connectivity index is 1.83. The van der Waals surface area contributed by atoms with Gasteiger partial charge in [-0.1, -0.05) is 18.7 Å². The van der Waals surface area contributed by atoms with Crippen molar-refractivity contribution in [3.8, 4) is 0 Å². The Bertz CT molecular complexity index is 930. The highest BCUT2D eigenvalue weighted by Gasteiger charge is 2.27. The van der Waals surface area contributed by atoms with Crippen LogP contribution in [-0.2, 0) is 28.9 Å². The van der Waals surface area contributed by atoms with Crippen LogP contribution < -0.4 is 11.3 Å². The summed E-state index contributed by atoms with van der Waals surface area (Å²) in [6.45, 7) is 5.23. The lowest BCUT2D eigenvalue weighted by atomic mass is 9.89. The highest BCUT2D eigenvalue weighted by atomic mass is 32.2. The van der Waals surface area contributed by atoms with Gasteiger partial charge in [0.2, 0.25) is 5.91 Å². The number of ether oxygens (including phenoxy) is 1. The summed E-state index contributed by atoms with van der Waals surface area (Å²) in [7, 11) is 0. The Morgan fingerprint density at radius 1 is 1.48 bits per heavy atom. The standard InChI is InChI=1S/C19H25N3O3S2/c1-10-5-6-13-14(8-10)27-17-15(13)18(24)22(9-12-4-3-7-25-12)19(21-17)26-11(2)16(20)23/h10-12H,3-9H2,1-2H3,(H2,20,23). The van der Waals surface area contributed by atoms with Crippen LogP contribution in [0.1, 0.15) is 43.6 Å². The van der Waals surface area contributed by atoms with Crippen LogP contribution in [0.2, 0.25) is 0 Å². The smallest absolute Gasteiger partial charge is 0.263 e. The lowest BCUT2D eigenvalue weighted by Crippen LogP contribution is -2.30. The van der Waals surface area contributed by atoms with E-state index in [-0.39, 0.29) is 11.7 Å². The fraction of sp³-hybridized carbons (Fsp3) is 0.632. The van der Waals surface area contributed by atoms with Gasteiger partial charge in [-0.05, 0) is 50.5 Å². The molecule has 1 amide bonds. The second-order valence-electron chi connectivity index (χ2n) is 7.64. The SMILES string of the molecule is CC1CCc2c(sc3nc(SC(C)C(N)=O)n(CC4CCCO4)c(=O)c23)C1. The van der Waals surface area contributed by atoms with Gasteiger partial charge in [-0.2, -0.15) is 0 Å². The van der Waals surface area contributed by atoms with Crippen LogP contribution in [0.15, 0.2) is 9.95 Å². The van der Waals surface area contributed by atoms with E-state index < -0.39 is 11.2 Å². The highest BCUT2D eigenvalue weighted by molar-refractivity contribution is 8.00. The van der Waals surface area contributed by atoms with Gasteiger partial charge >= 0.3 is 0 Å². The van der Waals surface area contributed by atoms with E-state index in [0.717, 1.165) is 48.9 Å². The van der Waals surface area contributed by atoms with Crippen molar-refractivity contribution in [1.29, 1.82) is 0 Å². The fourth-order valence-electron chi connectivity index (χ4n) is 3.86. The van der Waals surface area contributed by atoms with E-state index in [1.165, 1.54) is 22.2 Å². The van der Waals surface area contributed by atoms with E-state index in [4.69, 9.17) is 15.5 Å². The molecule has 1 saturated heterocycles. The summed E-state index contributed by atoms with van der Waals surface area (Å²) in [6, 6.07) is 0. The Kier molecular flexibility index (Phi) is 5.31. The summed E-state index contributed by atoms with van der Waals surface area (Å²) < 4.78 is 7.47. The van der Waals surface area contributed by atoms with Gasteiger partial charge in [-0.3, -0.25) is 14.2 Å². The Labute approximate surface area is 166 Å². The van der Waals surface area contributed by atoms with Gasteiger partial charge in [0.25, 0.3) is 5.56 Å². The summed E-state index contributed by atoms with van der Waals surface area (Å²) in [5.74, 6) is 0.237. The Hall–Kier alpha value is -1.38. The van der Waals surface area contributed by atoms with Crippen molar-refractivity contribution in [1.82, 2.24) is 9.55 Å². The average molecular weight is 408 g/mol. The third-order valence-electron chi connectivity index (χ3n) is 5.47. The van der Waals surface area contributed by atoms with Crippen LogP contribution in [0, 0.1) is 5.92 Å². The lowest BCUT2D eigenvalue weighted by Gasteiger charge is -2.19. The molecule has 2 aliphatic rings. The third kappa shape index (κ3) is 3.67. The number of carbonyl (C=O) groups excluding carboxylic acids is 1. The number of aryl methyl sites for hydroxylation is 1. The maximum Gasteiger partial charge on any atom is 0.263 e. The molecule has 1 aliphatic heterocycles. The highest BCUT2D eigenvalue weighted by Crippen LogP contribution is 2.37. The molecule has 0 bridgehead atoms. The molecule has 0 spiro atoms. The zero-order chi connectivity index (χ0) is 19.1. The number of carbonyl (C=O) groups is 1. The van der Waals surface area contributed by atoms with Gasteiger partial charge < -0.3 is 10.5 Å². The second-order valence-corrected chi connectivity index (χ2v) is 10.0. The molecule has 0 aromatic carbocycles. The summed E-state index contributed by atoms with van der Waals surface area (Å²) in [6.07, 6.45) is 5.05. The molecule has 8 heteroatoms. The van der Waals surface area contributed by atoms with Gasteiger partial charge in [0.1, 0.15) is 4.83 Å². The van der Waals surface area contributed by atoms with Crippen molar-refractivity contribution in [3.63, 3.8) is 0 Å². The van der Waals surface area contributed by atoms with E-state index in [2.05, 4.69) is 6.92 Å². The minimum atomic E-state index is -0.445. The zero-order valence-corrected chi connectivity index (χ0v) is 17.3. The van der Waals surface area contributed by atoms with Crippen molar-refractivity contribution in [2.75, 3.05) is 6.61 Å². The zero-order valence-electron chi connectivity index (χ0n) is 15.7. The van der Waals surface area contributed by atoms with Crippen LogP contribution in [0.4, 0.5) is 0 Å². The molecule has 0 saturated carbocycles. The van der Waals surface area contributed by atoms with Crippen LogP contribution >= 0.6 is 23.1 Å². The summed E-state index contributed by atoms with van der Waals surface area (Å²) in [5.41, 5.74) is 6.63. The molecular weight excluding hydrogens is 382 g/mol. The third-order valence-corrected chi connectivity index (χ3v) is 7.73. The molecule has 3 atom stereocenters. The maximum atomic E-state index is 13.4. The van der Waals surface area contributed by atoms with Gasteiger partial charge in [-0.25, -0.2) is 4.98 Å². The molecular formula is C19H25N3O3S2. The number of thiophene rings is 1. The molecule has 2 aromatic rings. The van der Waals surface area contributed by atoms with E-state index >= 15 is 0 Å². The second kappa shape index (κ2) is 7.56. The first-order valence-electron chi connectivity index (χ1n) is 9.56.